The zero-order valence-corrected chi connectivity index (χ0v) is 11.8. The van der Waals surface area contributed by atoms with E-state index in [2.05, 4.69) is 16.3 Å². The molecule has 2 aromatic heterocycles. The van der Waals surface area contributed by atoms with Crippen LogP contribution < -0.4 is 5.56 Å². The SMILES string of the molecule is CCc1nnc2c(=O)n(-c3cc(C)cc(C)c3)ccn12. The van der Waals surface area contributed by atoms with Crippen molar-refractivity contribution < 1.29 is 0 Å². The molecule has 5 heteroatoms. The van der Waals surface area contributed by atoms with Gasteiger partial charge in [0.2, 0.25) is 5.65 Å². The maximum Gasteiger partial charge on any atom is 0.300 e. The number of nitrogens with zero attached hydrogens (tertiary/aromatic N) is 4. The minimum Gasteiger partial charge on any atom is -0.280 e. The molecule has 0 fully saturated rings. The molecule has 0 aliphatic heterocycles. The third-order valence-corrected chi connectivity index (χ3v) is 3.34. The number of hydrogen-bond donors (Lipinski definition) is 0. The van der Waals surface area contributed by atoms with E-state index in [-0.39, 0.29) is 5.56 Å². The van der Waals surface area contributed by atoms with Crippen LogP contribution in [-0.2, 0) is 6.42 Å². The van der Waals surface area contributed by atoms with Crippen LogP contribution in [0.1, 0.15) is 23.9 Å². The topological polar surface area (TPSA) is 52.2 Å². The van der Waals surface area contributed by atoms with Crippen LogP contribution in [0.25, 0.3) is 11.3 Å². The molecule has 0 unspecified atom stereocenters. The van der Waals surface area contributed by atoms with Crippen LogP contribution in [0.5, 0.6) is 0 Å². The lowest BCUT2D eigenvalue weighted by molar-refractivity contribution is 0.890. The van der Waals surface area contributed by atoms with Crippen molar-refractivity contribution in [2.45, 2.75) is 27.2 Å². The molecule has 0 atom stereocenters. The smallest absolute Gasteiger partial charge is 0.280 e. The fourth-order valence-electron chi connectivity index (χ4n) is 2.47. The molecule has 1 aromatic carbocycles. The van der Waals surface area contributed by atoms with E-state index in [1.807, 2.05) is 39.1 Å². The minimum atomic E-state index is -0.148. The molecule has 2 heterocycles. The molecular weight excluding hydrogens is 252 g/mol. The van der Waals surface area contributed by atoms with Crippen LogP contribution in [0.2, 0.25) is 0 Å². The largest absolute Gasteiger partial charge is 0.300 e. The standard InChI is InChI=1S/C15H16N4O/c1-4-13-16-17-14-15(20)18(5-6-19(13)14)12-8-10(2)7-11(3)9-12/h5-9H,4H2,1-3H3. The maximum atomic E-state index is 12.5. The number of aromatic nitrogens is 4. The van der Waals surface area contributed by atoms with Crippen LogP contribution in [0.3, 0.4) is 0 Å². The molecule has 0 bridgehead atoms. The Hall–Kier alpha value is -2.43. The first-order valence-corrected chi connectivity index (χ1v) is 6.64. The van der Waals surface area contributed by atoms with Crippen LogP contribution in [-0.4, -0.2) is 19.2 Å². The van der Waals surface area contributed by atoms with E-state index < -0.39 is 0 Å². The highest BCUT2D eigenvalue weighted by Gasteiger charge is 2.10. The second-order valence-electron chi connectivity index (χ2n) is 4.98. The van der Waals surface area contributed by atoms with Crippen LogP contribution in [0.4, 0.5) is 0 Å². The molecule has 0 N–H and O–H groups in total. The Morgan fingerprint density at radius 1 is 1.05 bits per heavy atom. The summed E-state index contributed by atoms with van der Waals surface area (Å²) in [7, 11) is 0. The zero-order valence-electron chi connectivity index (χ0n) is 11.8. The summed E-state index contributed by atoms with van der Waals surface area (Å²) in [5, 5.41) is 8.04. The first-order valence-electron chi connectivity index (χ1n) is 6.64. The van der Waals surface area contributed by atoms with E-state index in [4.69, 9.17) is 0 Å². The van der Waals surface area contributed by atoms with Crippen molar-refractivity contribution in [1.82, 2.24) is 19.2 Å². The summed E-state index contributed by atoms with van der Waals surface area (Å²) in [5.74, 6) is 0.796. The van der Waals surface area contributed by atoms with Crippen molar-refractivity contribution in [1.29, 1.82) is 0 Å². The molecule has 0 aliphatic carbocycles. The highest BCUT2D eigenvalue weighted by atomic mass is 16.1. The fraction of sp³-hybridized carbons (Fsp3) is 0.267. The highest BCUT2D eigenvalue weighted by Crippen LogP contribution is 2.12. The average molecular weight is 268 g/mol. The van der Waals surface area contributed by atoms with Gasteiger partial charge in [-0.1, -0.05) is 13.0 Å². The van der Waals surface area contributed by atoms with Crippen LogP contribution in [0, 0.1) is 13.8 Å². The Kier molecular flexibility index (Phi) is 2.89. The van der Waals surface area contributed by atoms with E-state index in [0.717, 1.165) is 29.1 Å². The second-order valence-corrected chi connectivity index (χ2v) is 4.98. The lowest BCUT2D eigenvalue weighted by atomic mass is 10.1. The van der Waals surface area contributed by atoms with Gasteiger partial charge in [-0.3, -0.25) is 13.8 Å². The third-order valence-electron chi connectivity index (χ3n) is 3.34. The van der Waals surface area contributed by atoms with Crippen molar-refractivity contribution >= 4 is 5.65 Å². The summed E-state index contributed by atoms with van der Waals surface area (Å²) >= 11 is 0. The van der Waals surface area contributed by atoms with E-state index in [9.17, 15) is 4.79 Å². The Morgan fingerprint density at radius 2 is 1.75 bits per heavy atom. The molecule has 3 rings (SSSR count). The van der Waals surface area contributed by atoms with Crippen LogP contribution in [0.15, 0.2) is 35.4 Å². The van der Waals surface area contributed by atoms with Gasteiger partial charge in [-0.2, -0.15) is 0 Å². The van der Waals surface area contributed by atoms with E-state index in [1.165, 1.54) is 0 Å². The van der Waals surface area contributed by atoms with Gasteiger partial charge in [0.1, 0.15) is 5.82 Å². The van der Waals surface area contributed by atoms with Gasteiger partial charge in [0.15, 0.2) is 0 Å². The number of rotatable bonds is 2. The quantitative estimate of drug-likeness (QED) is 0.715. The predicted molar refractivity (Wildman–Crippen MR) is 77.4 cm³/mol. The summed E-state index contributed by atoms with van der Waals surface area (Å²) in [6.45, 7) is 6.03. The molecule has 0 saturated heterocycles. The summed E-state index contributed by atoms with van der Waals surface area (Å²) in [5.41, 5.74) is 3.33. The highest BCUT2D eigenvalue weighted by molar-refractivity contribution is 5.43. The van der Waals surface area contributed by atoms with Gasteiger partial charge in [-0.25, -0.2) is 0 Å². The second kappa shape index (κ2) is 4.59. The van der Waals surface area contributed by atoms with E-state index in [0.29, 0.717) is 5.65 Å². The Balaban J connectivity index is 2.27. The molecule has 3 aromatic rings. The van der Waals surface area contributed by atoms with Gasteiger partial charge in [0.05, 0.1) is 0 Å². The molecule has 102 valence electrons. The lowest BCUT2D eigenvalue weighted by Crippen LogP contribution is -2.20. The monoisotopic (exact) mass is 268 g/mol. The number of fused-ring (bicyclic) bond motifs is 1. The Morgan fingerprint density at radius 3 is 2.40 bits per heavy atom. The summed E-state index contributed by atoms with van der Waals surface area (Å²) in [6.07, 6.45) is 4.35. The van der Waals surface area contributed by atoms with Crippen molar-refractivity contribution in [3.63, 3.8) is 0 Å². The molecule has 0 saturated carbocycles. The molecule has 0 radical (unpaired) electrons. The molecular formula is C15H16N4O. The lowest BCUT2D eigenvalue weighted by Gasteiger charge is -2.08. The fourth-order valence-corrected chi connectivity index (χ4v) is 2.47. The molecule has 20 heavy (non-hydrogen) atoms. The van der Waals surface area contributed by atoms with Gasteiger partial charge in [0, 0.05) is 24.5 Å². The van der Waals surface area contributed by atoms with Crippen molar-refractivity contribution in [3.05, 3.63) is 57.9 Å². The van der Waals surface area contributed by atoms with Gasteiger partial charge < -0.3 is 0 Å². The van der Waals surface area contributed by atoms with E-state index >= 15 is 0 Å². The minimum absolute atomic E-state index is 0.148. The molecule has 0 amide bonds. The number of aryl methyl sites for hydroxylation is 3. The summed E-state index contributed by atoms with van der Waals surface area (Å²) < 4.78 is 3.37. The molecule has 5 nitrogen and oxygen atoms in total. The maximum absolute atomic E-state index is 12.5. The number of benzene rings is 1. The average Bonchev–Trinajstić information content (AvgIpc) is 2.81. The van der Waals surface area contributed by atoms with Gasteiger partial charge >= 0.3 is 5.56 Å². The normalized spacial score (nSPS) is 11.2. The van der Waals surface area contributed by atoms with Crippen molar-refractivity contribution in [2.24, 2.45) is 0 Å². The first-order chi connectivity index (χ1) is 9.60. The number of hydrogen-bond acceptors (Lipinski definition) is 3. The zero-order chi connectivity index (χ0) is 14.3. The molecule has 0 spiro atoms. The predicted octanol–water partition coefficient (Wildman–Crippen LogP) is 2.06. The van der Waals surface area contributed by atoms with E-state index in [1.54, 1.807) is 15.2 Å². The Labute approximate surface area is 116 Å². The van der Waals surface area contributed by atoms with Crippen molar-refractivity contribution in [2.75, 3.05) is 0 Å². The van der Waals surface area contributed by atoms with Crippen LogP contribution >= 0.6 is 0 Å². The van der Waals surface area contributed by atoms with Gasteiger partial charge in [-0.15, -0.1) is 10.2 Å². The molecule has 0 aliphatic rings. The first kappa shape index (κ1) is 12.6. The summed E-state index contributed by atoms with van der Waals surface area (Å²) in [4.78, 5) is 12.5. The summed E-state index contributed by atoms with van der Waals surface area (Å²) in [6, 6.07) is 6.06. The third kappa shape index (κ3) is 1.91. The van der Waals surface area contributed by atoms with Gasteiger partial charge in [0.25, 0.3) is 0 Å². The van der Waals surface area contributed by atoms with Gasteiger partial charge in [-0.05, 0) is 37.1 Å². The van der Waals surface area contributed by atoms with Crippen molar-refractivity contribution in [3.8, 4) is 5.69 Å². The Bertz CT molecular complexity index is 824.